The number of nitrogens with one attached hydrogen (secondary N) is 1. The standard InChI is InChI=1S/C9H18NO2/c11-6-5-10-9-4-2-1-3-8(9)7-12/h8-10,12H,1-7H2/t8-,9+/m0/s1. The topological polar surface area (TPSA) is 52.2 Å². The number of hydrogen-bond donors (Lipinski definition) is 2. The molecule has 0 aromatic carbocycles. The summed E-state index contributed by atoms with van der Waals surface area (Å²) in [6.07, 6.45) is 4.67. The molecular weight excluding hydrogens is 154 g/mol. The van der Waals surface area contributed by atoms with Crippen LogP contribution in [0.25, 0.3) is 0 Å². The molecule has 0 unspecified atom stereocenters. The molecule has 3 heteroatoms. The summed E-state index contributed by atoms with van der Waals surface area (Å²) in [6, 6.07) is 0.387. The number of aliphatic hydroxyl groups is 1. The average molecular weight is 172 g/mol. The molecule has 12 heavy (non-hydrogen) atoms. The van der Waals surface area contributed by atoms with E-state index >= 15 is 0 Å². The van der Waals surface area contributed by atoms with Crippen LogP contribution in [-0.2, 0) is 5.11 Å². The molecule has 0 aromatic heterocycles. The lowest BCUT2D eigenvalue weighted by atomic mass is 9.85. The molecule has 0 spiro atoms. The predicted octanol–water partition coefficient (Wildman–Crippen LogP) is 0.558. The molecule has 1 aliphatic carbocycles. The van der Waals surface area contributed by atoms with Crippen LogP contribution in [0.5, 0.6) is 0 Å². The molecule has 0 saturated heterocycles. The van der Waals surface area contributed by atoms with Gasteiger partial charge in [0, 0.05) is 19.2 Å². The molecule has 2 N–H and O–H groups in total. The predicted molar refractivity (Wildman–Crippen MR) is 46.4 cm³/mol. The molecule has 0 aliphatic heterocycles. The minimum Gasteiger partial charge on any atom is -0.396 e. The molecule has 71 valence electrons. The summed E-state index contributed by atoms with van der Waals surface area (Å²) >= 11 is 0. The first-order valence-corrected chi connectivity index (χ1v) is 4.81. The van der Waals surface area contributed by atoms with Gasteiger partial charge in [-0.1, -0.05) is 12.8 Å². The van der Waals surface area contributed by atoms with Gasteiger partial charge in [-0.2, -0.15) is 0 Å². The minimum atomic E-state index is -0.0609. The minimum absolute atomic E-state index is 0.0609. The maximum atomic E-state index is 10.2. The lowest BCUT2D eigenvalue weighted by Gasteiger charge is -2.30. The third-order valence-electron chi connectivity index (χ3n) is 2.65. The van der Waals surface area contributed by atoms with Gasteiger partial charge in [-0.15, -0.1) is 0 Å². The summed E-state index contributed by atoms with van der Waals surface area (Å²) in [5.41, 5.74) is 0. The monoisotopic (exact) mass is 172 g/mol. The van der Waals surface area contributed by atoms with Crippen molar-refractivity contribution in [2.24, 2.45) is 5.92 Å². The van der Waals surface area contributed by atoms with E-state index in [1.54, 1.807) is 0 Å². The van der Waals surface area contributed by atoms with Crippen molar-refractivity contribution in [3.05, 3.63) is 0 Å². The van der Waals surface area contributed by atoms with E-state index in [-0.39, 0.29) is 13.2 Å². The van der Waals surface area contributed by atoms with Gasteiger partial charge in [-0.25, -0.2) is 5.11 Å². The van der Waals surface area contributed by atoms with Crippen molar-refractivity contribution >= 4 is 0 Å². The molecule has 1 radical (unpaired) electrons. The molecule has 3 nitrogen and oxygen atoms in total. The van der Waals surface area contributed by atoms with Crippen LogP contribution in [0.4, 0.5) is 0 Å². The molecule has 1 rings (SSSR count). The highest BCUT2D eigenvalue weighted by Crippen LogP contribution is 2.23. The molecule has 0 amide bonds. The SMILES string of the molecule is [O]CCN[C@@H]1CCCC[C@H]1CO. The lowest BCUT2D eigenvalue weighted by molar-refractivity contribution is 0.138. The van der Waals surface area contributed by atoms with Gasteiger partial charge in [0.15, 0.2) is 0 Å². The van der Waals surface area contributed by atoms with Crippen molar-refractivity contribution in [1.29, 1.82) is 0 Å². The van der Waals surface area contributed by atoms with Crippen LogP contribution in [0.2, 0.25) is 0 Å². The Labute approximate surface area is 73.8 Å². The van der Waals surface area contributed by atoms with Crippen LogP contribution in [0.3, 0.4) is 0 Å². The molecular formula is C9H18NO2. The van der Waals surface area contributed by atoms with Gasteiger partial charge in [0.2, 0.25) is 0 Å². The molecule has 0 aromatic rings. The third kappa shape index (κ3) is 2.73. The van der Waals surface area contributed by atoms with E-state index in [0.717, 1.165) is 12.8 Å². The Bertz CT molecular complexity index is 119. The van der Waals surface area contributed by atoms with Crippen LogP contribution in [0, 0.1) is 5.92 Å². The zero-order chi connectivity index (χ0) is 8.81. The smallest absolute Gasteiger partial charge is 0.0946 e. The summed E-state index contributed by atoms with van der Waals surface area (Å²) in [5.74, 6) is 0.380. The highest BCUT2D eigenvalue weighted by atomic mass is 16.3. The summed E-state index contributed by atoms with van der Waals surface area (Å²) in [6.45, 7) is 0.742. The van der Waals surface area contributed by atoms with Crippen LogP contribution in [0.1, 0.15) is 25.7 Å². The van der Waals surface area contributed by atoms with E-state index in [2.05, 4.69) is 5.32 Å². The van der Waals surface area contributed by atoms with E-state index in [1.165, 1.54) is 12.8 Å². The van der Waals surface area contributed by atoms with Gasteiger partial charge < -0.3 is 10.4 Å². The van der Waals surface area contributed by atoms with Gasteiger partial charge in [0.1, 0.15) is 0 Å². The summed E-state index contributed by atoms with van der Waals surface area (Å²) in [4.78, 5) is 0. The Kier molecular flexibility index (Phi) is 4.58. The first-order valence-electron chi connectivity index (χ1n) is 4.81. The Hall–Kier alpha value is -0.120. The second-order valence-electron chi connectivity index (χ2n) is 3.49. The Morgan fingerprint density at radius 1 is 1.33 bits per heavy atom. The lowest BCUT2D eigenvalue weighted by Crippen LogP contribution is -2.41. The fourth-order valence-electron chi connectivity index (χ4n) is 1.94. The van der Waals surface area contributed by atoms with Crippen LogP contribution >= 0.6 is 0 Å². The third-order valence-corrected chi connectivity index (χ3v) is 2.65. The second kappa shape index (κ2) is 5.51. The molecule has 2 atom stereocenters. The number of hydrogen-bond acceptors (Lipinski definition) is 2. The molecule has 0 heterocycles. The number of aliphatic hydroxyl groups excluding tert-OH is 1. The number of rotatable bonds is 4. The van der Waals surface area contributed by atoms with E-state index in [9.17, 15) is 5.11 Å². The zero-order valence-electron chi connectivity index (χ0n) is 7.46. The Morgan fingerprint density at radius 2 is 2.08 bits per heavy atom. The molecule has 1 fully saturated rings. The first kappa shape index (κ1) is 9.96. The van der Waals surface area contributed by atoms with Crippen LogP contribution in [-0.4, -0.2) is 30.9 Å². The van der Waals surface area contributed by atoms with Gasteiger partial charge >= 0.3 is 0 Å². The van der Waals surface area contributed by atoms with Crippen molar-refractivity contribution in [1.82, 2.24) is 5.32 Å². The van der Waals surface area contributed by atoms with Crippen LogP contribution < -0.4 is 5.32 Å². The Balaban J connectivity index is 2.26. The molecule has 0 bridgehead atoms. The normalized spacial score (nSPS) is 30.5. The van der Waals surface area contributed by atoms with Gasteiger partial charge in [0.05, 0.1) is 6.61 Å². The van der Waals surface area contributed by atoms with Gasteiger partial charge in [-0.05, 0) is 18.8 Å². The fourth-order valence-corrected chi connectivity index (χ4v) is 1.94. The average Bonchev–Trinajstić information content (AvgIpc) is 2.15. The maximum absolute atomic E-state index is 10.2. The quantitative estimate of drug-likeness (QED) is 0.651. The first-order chi connectivity index (χ1) is 5.88. The highest BCUT2D eigenvalue weighted by Gasteiger charge is 2.23. The molecule has 1 saturated carbocycles. The zero-order valence-corrected chi connectivity index (χ0v) is 7.46. The van der Waals surface area contributed by atoms with E-state index in [0.29, 0.717) is 18.5 Å². The molecule has 1 aliphatic rings. The van der Waals surface area contributed by atoms with Crippen molar-refractivity contribution in [2.75, 3.05) is 19.8 Å². The van der Waals surface area contributed by atoms with Gasteiger partial charge in [-0.3, -0.25) is 0 Å². The van der Waals surface area contributed by atoms with Crippen molar-refractivity contribution in [3.8, 4) is 0 Å². The van der Waals surface area contributed by atoms with Crippen molar-refractivity contribution in [3.63, 3.8) is 0 Å². The van der Waals surface area contributed by atoms with Gasteiger partial charge in [0.25, 0.3) is 0 Å². The van der Waals surface area contributed by atoms with Crippen molar-refractivity contribution < 1.29 is 10.2 Å². The summed E-state index contributed by atoms with van der Waals surface area (Å²) in [7, 11) is 0. The van der Waals surface area contributed by atoms with E-state index in [4.69, 9.17) is 5.11 Å². The second-order valence-corrected chi connectivity index (χ2v) is 3.49. The Morgan fingerprint density at radius 3 is 2.75 bits per heavy atom. The highest BCUT2D eigenvalue weighted by molar-refractivity contribution is 4.80. The van der Waals surface area contributed by atoms with Crippen molar-refractivity contribution in [2.45, 2.75) is 31.7 Å². The largest absolute Gasteiger partial charge is 0.396 e. The summed E-state index contributed by atoms with van der Waals surface area (Å²) < 4.78 is 0. The summed E-state index contributed by atoms with van der Waals surface area (Å²) in [5, 5.41) is 22.5. The van der Waals surface area contributed by atoms with E-state index in [1.807, 2.05) is 0 Å². The maximum Gasteiger partial charge on any atom is 0.0946 e. The fraction of sp³-hybridized carbons (Fsp3) is 1.00. The van der Waals surface area contributed by atoms with E-state index < -0.39 is 0 Å². The van der Waals surface area contributed by atoms with Crippen LogP contribution in [0.15, 0.2) is 0 Å².